The first kappa shape index (κ1) is 12.7. The van der Waals surface area contributed by atoms with Crippen molar-refractivity contribution in [1.29, 1.82) is 0 Å². The fraction of sp³-hybridized carbons (Fsp3) is 0.600. The second-order valence-electron chi connectivity index (χ2n) is 2.84. The van der Waals surface area contributed by atoms with Gasteiger partial charge in [-0.25, -0.2) is 9.59 Å². The minimum atomic E-state index is -0.516. The van der Waals surface area contributed by atoms with E-state index in [0.29, 0.717) is 6.61 Å². The fourth-order valence-corrected chi connectivity index (χ4v) is 0.755. The molecule has 0 heterocycles. The third kappa shape index (κ3) is 5.35. The summed E-state index contributed by atoms with van der Waals surface area (Å²) < 4.78 is 9.25. The fourth-order valence-electron chi connectivity index (χ4n) is 0.755. The molecule has 0 bridgehead atoms. The first-order valence-electron chi connectivity index (χ1n) is 4.55. The van der Waals surface area contributed by atoms with Gasteiger partial charge in [-0.05, 0) is 13.3 Å². The number of methoxy groups -OCH3 is 1. The molecule has 80 valence electrons. The molecule has 0 aromatic carbocycles. The monoisotopic (exact) mass is 200 g/mol. The highest BCUT2D eigenvalue weighted by Gasteiger charge is 2.06. The predicted octanol–water partition coefficient (Wildman–Crippen LogP) is 1.45. The van der Waals surface area contributed by atoms with E-state index in [2.05, 4.69) is 4.74 Å². The van der Waals surface area contributed by atoms with Crippen molar-refractivity contribution in [3.8, 4) is 0 Å². The van der Waals surface area contributed by atoms with Crippen molar-refractivity contribution >= 4 is 11.9 Å². The molecular formula is C10H16O4. The number of unbranched alkanes of at least 4 members (excludes halogenated alkanes) is 1. The van der Waals surface area contributed by atoms with E-state index in [4.69, 9.17) is 4.74 Å². The Bertz CT molecular complexity index is 230. The highest BCUT2D eigenvalue weighted by Crippen LogP contribution is 1.97. The molecule has 0 amide bonds. The minimum absolute atomic E-state index is 0.244. The molecule has 0 aliphatic rings. The van der Waals surface area contributed by atoms with Crippen molar-refractivity contribution in [3.63, 3.8) is 0 Å². The molecule has 0 atom stereocenters. The van der Waals surface area contributed by atoms with Crippen LogP contribution in [-0.2, 0) is 19.1 Å². The van der Waals surface area contributed by atoms with Crippen LogP contribution >= 0.6 is 0 Å². The standard InChI is InChI=1S/C10H16O4/c1-4-5-6-14-9(11)7-8(2)10(12)13-3/h7H,4-6H2,1-3H3. The molecule has 0 fully saturated rings. The van der Waals surface area contributed by atoms with Crippen LogP contribution in [0.1, 0.15) is 26.7 Å². The number of hydrogen-bond acceptors (Lipinski definition) is 4. The average molecular weight is 200 g/mol. The van der Waals surface area contributed by atoms with Gasteiger partial charge >= 0.3 is 11.9 Å². The van der Waals surface area contributed by atoms with Crippen molar-refractivity contribution in [2.24, 2.45) is 0 Å². The number of carbonyl (C=O) groups excluding carboxylic acids is 2. The Morgan fingerprint density at radius 2 is 2.00 bits per heavy atom. The third-order valence-electron chi connectivity index (χ3n) is 1.58. The molecule has 0 saturated carbocycles. The maximum atomic E-state index is 11.0. The van der Waals surface area contributed by atoms with E-state index in [1.54, 1.807) is 0 Å². The van der Waals surface area contributed by atoms with E-state index in [1.807, 2.05) is 6.92 Å². The molecule has 0 rings (SSSR count). The van der Waals surface area contributed by atoms with Crippen LogP contribution in [0.4, 0.5) is 0 Å². The van der Waals surface area contributed by atoms with Crippen molar-refractivity contribution in [3.05, 3.63) is 11.6 Å². The molecule has 0 spiro atoms. The lowest BCUT2D eigenvalue weighted by Crippen LogP contribution is -2.07. The van der Waals surface area contributed by atoms with Crippen LogP contribution in [0.15, 0.2) is 11.6 Å². The van der Waals surface area contributed by atoms with Crippen LogP contribution in [-0.4, -0.2) is 25.7 Å². The van der Waals surface area contributed by atoms with Gasteiger partial charge in [-0.15, -0.1) is 0 Å². The Morgan fingerprint density at radius 3 is 2.50 bits per heavy atom. The average Bonchev–Trinajstić information content (AvgIpc) is 2.16. The molecule has 0 aromatic rings. The van der Waals surface area contributed by atoms with E-state index in [0.717, 1.165) is 18.9 Å². The smallest absolute Gasteiger partial charge is 0.333 e. The van der Waals surface area contributed by atoms with Gasteiger partial charge in [0, 0.05) is 11.6 Å². The van der Waals surface area contributed by atoms with Gasteiger partial charge < -0.3 is 9.47 Å². The Balaban J connectivity index is 3.96. The van der Waals surface area contributed by atoms with Crippen LogP contribution in [0.2, 0.25) is 0 Å². The number of ether oxygens (including phenoxy) is 2. The summed E-state index contributed by atoms with van der Waals surface area (Å²) in [5, 5.41) is 0. The summed E-state index contributed by atoms with van der Waals surface area (Å²) in [5.41, 5.74) is 0.244. The molecule has 0 aliphatic heterocycles. The van der Waals surface area contributed by atoms with Gasteiger partial charge in [-0.2, -0.15) is 0 Å². The predicted molar refractivity (Wildman–Crippen MR) is 51.6 cm³/mol. The molecule has 14 heavy (non-hydrogen) atoms. The summed E-state index contributed by atoms with van der Waals surface area (Å²) >= 11 is 0. The van der Waals surface area contributed by atoms with Gasteiger partial charge in [0.25, 0.3) is 0 Å². The Kier molecular flexibility index (Phi) is 6.45. The summed E-state index contributed by atoms with van der Waals surface area (Å²) in [6.45, 7) is 3.90. The Morgan fingerprint density at radius 1 is 1.36 bits per heavy atom. The van der Waals surface area contributed by atoms with Crippen LogP contribution in [0.5, 0.6) is 0 Å². The number of carbonyl (C=O) groups is 2. The molecule has 0 N–H and O–H groups in total. The first-order chi connectivity index (χ1) is 6.61. The Hall–Kier alpha value is -1.32. The zero-order valence-corrected chi connectivity index (χ0v) is 8.83. The second-order valence-corrected chi connectivity index (χ2v) is 2.84. The first-order valence-corrected chi connectivity index (χ1v) is 4.55. The normalized spacial score (nSPS) is 10.9. The summed E-state index contributed by atoms with van der Waals surface area (Å²) in [4.78, 5) is 21.9. The Labute approximate surface area is 83.9 Å². The summed E-state index contributed by atoms with van der Waals surface area (Å²) in [6.07, 6.45) is 2.94. The SMILES string of the molecule is CCCCOC(=O)C=C(C)C(=O)OC. The molecule has 0 aliphatic carbocycles. The number of esters is 2. The maximum absolute atomic E-state index is 11.0. The van der Waals surface area contributed by atoms with Crippen molar-refractivity contribution < 1.29 is 19.1 Å². The lowest BCUT2D eigenvalue weighted by molar-refractivity contribution is -0.140. The van der Waals surface area contributed by atoms with Crippen LogP contribution in [0.25, 0.3) is 0 Å². The van der Waals surface area contributed by atoms with E-state index >= 15 is 0 Å². The van der Waals surface area contributed by atoms with Crippen LogP contribution < -0.4 is 0 Å². The molecule has 0 saturated heterocycles. The quantitative estimate of drug-likeness (QED) is 0.383. The summed E-state index contributed by atoms with van der Waals surface area (Å²) in [7, 11) is 1.27. The molecule has 4 nitrogen and oxygen atoms in total. The number of rotatable bonds is 5. The maximum Gasteiger partial charge on any atom is 0.333 e. The zero-order valence-electron chi connectivity index (χ0n) is 8.83. The van der Waals surface area contributed by atoms with Gasteiger partial charge in [-0.1, -0.05) is 13.3 Å². The van der Waals surface area contributed by atoms with Gasteiger partial charge in [0.15, 0.2) is 0 Å². The van der Waals surface area contributed by atoms with Crippen LogP contribution in [0, 0.1) is 0 Å². The summed E-state index contributed by atoms with van der Waals surface area (Å²) in [5.74, 6) is -1.02. The van der Waals surface area contributed by atoms with E-state index in [-0.39, 0.29) is 5.57 Å². The van der Waals surface area contributed by atoms with E-state index in [9.17, 15) is 9.59 Å². The van der Waals surface area contributed by atoms with E-state index < -0.39 is 11.9 Å². The molecule has 4 heteroatoms. The van der Waals surface area contributed by atoms with Gasteiger partial charge in [-0.3, -0.25) is 0 Å². The minimum Gasteiger partial charge on any atom is -0.466 e. The topological polar surface area (TPSA) is 52.6 Å². The number of hydrogen-bond donors (Lipinski definition) is 0. The largest absolute Gasteiger partial charge is 0.466 e. The third-order valence-corrected chi connectivity index (χ3v) is 1.58. The van der Waals surface area contributed by atoms with Crippen molar-refractivity contribution in [2.45, 2.75) is 26.7 Å². The molecule has 0 radical (unpaired) electrons. The van der Waals surface area contributed by atoms with E-state index in [1.165, 1.54) is 14.0 Å². The molecular weight excluding hydrogens is 184 g/mol. The summed E-state index contributed by atoms with van der Waals surface area (Å²) in [6, 6.07) is 0. The molecule has 0 aromatic heterocycles. The highest BCUT2D eigenvalue weighted by molar-refractivity contribution is 5.95. The zero-order chi connectivity index (χ0) is 11.0. The molecule has 0 unspecified atom stereocenters. The van der Waals surface area contributed by atoms with Gasteiger partial charge in [0.1, 0.15) is 0 Å². The lowest BCUT2D eigenvalue weighted by Gasteiger charge is -2.01. The van der Waals surface area contributed by atoms with Crippen molar-refractivity contribution in [1.82, 2.24) is 0 Å². The second kappa shape index (κ2) is 7.12. The lowest BCUT2D eigenvalue weighted by atomic mass is 10.3. The van der Waals surface area contributed by atoms with Gasteiger partial charge in [0.2, 0.25) is 0 Å². The van der Waals surface area contributed by atoms with Crippen molar-refractivity contribution in [2.75, 3.05) is 13.7 Å². The van der Waals surface area contributed by atoms with Crippen LogP contribution in [0.3, 0.4) is 0 Å². The van der Waals surface area contributed by atoms with Gasteiger partial charge in [0.05, 0.1) is 13.7 Å². The highest BCUT2D eigenvalue weighted by atomic mass is 16.5.